The first kappa shape index (κ1) is 16.3. The van der Waals surface area contributed by atoms with Gasteiger partial charge in [0.1, 0.15) is 5.75 Å². The Labute approximate surface area is 136 Å². The van der Waals surface area contributed by atoms with Crippen molar-refractivity contribution >= 4 is 39.1 Å². The summed E-state index contributed by atoms with van der Waals surface area (Å²) in [5.74, 6) is -0.337. The van der Waals surface area contributed by atoms with Gasteiger partial charge in [-0.1, -0.05) is 39.1 Å². The second kappa shape index (κ2) is 6.34. The highest BCUT2D eigenvalue weighted by Crippen LogP contribution is 2.38. The van der Waals surface area contributed by atoms with Gasteiger partial charge in [0.25, 0.3) is 0 Å². The zero-order valence-electron chi connectivity index (χ0n) is 10.0. The largest absolute Gasteiger partial charge is 0.573 e. The summed E-state index contributed by atoms with van der Waals surface area (Å²) in [7, 11) is 0. The van der Waals surface area contributed by atoms with Gasteiger partial charge in [0.15, 0.2) is 11.5 Å². The van der Waals surface area contributed by atoms with Gasteiger partial charge in [-0.3, -0.25) is 0 Å². The molecule has 0 saturated heterocycles. The molecule has 0 aliphatic carbocycles. The first-order valence-corrected chi connectivity index (χ1v) is 6.98. The van der Waals surface area contributed by atoms with Gasteiger partial charge >= 0.3 is 6.36 Å². The van der Waals surface area contributed by atoms with Gasteiger partial charge in [0, 0.05) is 10.5 Å². The van der Waals surface area contributed by atoms with Crippen molar-refractivity contribution in [2.24, 2.45) is 0 Å². The van der Waals surface area contributed by atoms with Crippen LogP contribution in [0.4, 0.5) is 13.2 Å². The Balaban J connectivity index is 2.32. The molecule has 0 unspecified atom stereocenters. The van der Waals surface area contributed by atoms with E-state index in [0.717, 1.165) is 6.07 Å². The molecule has 0 N–H and O–H groups in total. The number of rotatable bonds is 3. The van der Waals surface area contributed by atoms with E-state index in [4.69, 9.17) is 27.9 Å². The zero-order valence-corrected chi connectivity index (χ0v) is 13.1. The summed E-state index contributed by atoms with van der Waals surface area (Å²) in [4.78, 5) is 0. The number of alkyl halides is 3. The molecule has 0 radical (unpaired) electrons. The van der Waals surface area contributed by atoms with Crippen LogP contribution in [0.3, 0.4) is 0 Å². The summed E-state index contributed by atoms with van der Waals surface area (Å²) < 4.78 is 46.8. The Bertz CT molecular complexity index is 662. The lowest BCUT2D eigenvalue weighted by atomic mass is 10.3. The lowest BCUT2D eigenvalue weighted by Crippen LogP contribution is -2.17. The fourth-order valence-electron chi connectivity index (χ4n) is 1.44. The van der Waals surface area contributed by atoms with Crippen LogP contribution in [0, 0.1) is 0 Å². The van der Waals surface area contributed by atoms with E-state index >= 15 is 0 Å². The summed E-state index contributed by atoms with van der Waals surface area (Å²) in [6.45, 7) is 0. The van der Waals surface area contributed by atoms with Crippen molar-refractivity contribution in [1.82, 2.24) is 0 Å². The molecule has 0 aliphatic rings. The fourth-order valence-corrected chi connectivity index (χ4v) is 2.07. The SMILES string of the molecule is FC(F)(F)Oc1cc(Br)ccc1Oc1ccc(Cl)c(Cl)c1. The van der Waals surface area contributed by atoms with Gasteiger partial charge in [0.05, 0.1) is 10.0 Å². The van der Waals surface area contributed by atoms with Crippen molar-refractivity contribution in [2.75, 3.05) is 0 Å². The van der Waals surface area contributed by atoms with Crippen LogP contribution in [0.5, 0.6) is 17.2 Å². The van der Waals surface area contributed by atoms with E-state index < -0.39 is 12.1 Å². The number of hydrogen-bond acceptors (Lipinski definition) is 2. The number of ether oxygens (including phenoxy) is 2. The van der Waals surface area contributed by atoms with E-state index in [-0.39, 0.29) is 16.5 Å². The quantitative estimate of drug-likeness (QED) is 0.588. The van der Waals surface area contributed by atoms with E-state index in [1.165, 1.54) is 30.3 Å². The molecule has 0 heterocycles. The highest BCUT2D eigenvalue weighted by atomic mass is 79.9. The molecular weight excluding hydrogens is 396 g/mol. The predicted molar refractivity (Wildman–Crippen MR) is 77.4 cm³/mol. The van der Waals surface area contributed by atoms with E-state index in [2.05, 4.69) is 20.7 Å². The minimum absolute atomic E-state index is 0.103. The molecular formula is C13H6BrCl2F3O2. The maximum Gasteiger partial charge on any atom is 0.573 e. The summed E-state index contributed by atoms with van der Waals surface area (Å²) >= 11 is 14.6. The number of benzene rings is 2. The molecule has 2 aromatic rings. The molecule has 0 atom stereocenters. The van der Waals surface area contributed by atoms with Crippen LogP contribution in [0.2, 0.25) is 10.0 Å². The third-order valence-corrected chi connectivity index (χ3v) is 3.48. The minimum atomic E-state index is -4.82. The van der Waals surface area contributed by atoms with Crippen molar-refractivity contribution in [3.8, 4) is 17.2 Å². The van der Waals surface area contributed by atoms with Gasteiger partial charge in [0.2, 0.25) is 0 Å². The van der Waals surface area contributed by atoms with E-state index in [0.29, 0.717) is 9.50 Å². The fraction of sp³-hybridized carbons (Fsp3) is 0.0769. The van der Waals surface area contributed by atoms with Gasteiger partial charge in [-0.2, -0.15) is 0 Å². The molecule has 21 heavy (non-hydrogen) atoms. The van der Waals surface area contributed by atoms with Crippen molar-refractivity contribution in [1.29, 1.82) is 0 Å². The Kier molecular flexibility index (Phi) is 4.91. The highest BCUT2D eigenvalue weighted by Gasteiger charge is 2.32. The van der Waals surface area contributed by atoms with E-state index in [9.17, 15) is 13.2 Å². The molecule has 0 fully saturated rings. The maximum atomic E-state index is 12.4. The lowest BCUT2D eigenvalue weighted by Gasteiger charge is -2.14. The highest BCUT2D eigenvalue weighted by molar-refractivity contribution is 9.10. The molecule has 8 heteroatoms. The van der Waals surface area contributed by atoms with Crippen LogP contribution in [0.25, 0.3) is 0 Å². The Hall–Kier alpha value is -1.11. The Morgan fingerprint density at radius 2 is 1.62 bits per heavy atom. The molecule has 2 aromatic carbocycles. The lowest BCUT2D eigenvalue weighted by molar-refractivity contribution is -0.275. The van der Waals surface area contributed by atoms with Crippen LogP contribution in [-0.2, 0) is 0 Å². The maximum absolute atomic E-state index is 12.4. The average molecular weight is 402 g/mol. The summed E-state index contributed by atoms with van der Waals surface area (Å²) in [6.07, 6.45) is -4.82. The first-order chi connectivity index (χ1) is 9.74. The second-order valence-electron chi connectivity index (χ2n) is 3.82. The second-order valence-corrected chi connectivity index (χ2v) is 5.55. The van der Waals surface area contributed by atoms with Gasteiger partial charge in [-0.05, 0) is 30.3 Å². The third-order valence-electron chi connectivity index (χ3n) is 2.25. The molecule has 0 bridgehead atoms. The van der Waals surface area contributed by atoms with Gasteiger partial charge in [-0.25, -0.2) is 0 Å². The topological polar surface area (TPSA) is 18.5 Å². The summed E-state index contributed by atoms with van der Waals surface area (Å²) in [6, 6.07) is 8.36. The smallest absolute Gasteiger partial charge is 0.453 e. The molecule has 0 amide bonds. The minimum Gasteiger partial charge on any atom is -0.453 e. The van der Waals surface area contributed by atoms with Gasteiger partial charge < -0.3 is 9.47 Å². The molecule has 0 aromatic heterocycles. The Morgan fingerprint density at radius 1 is 0.905 bits per heavy atom. The molecule has 2 rings (SSSR count). The van der Waals surface area contributed by atoms with Crippen molar-refractivity contribution in [2.45, 2.75) is 6.36 Å². The van der Waals surface area contributed by atoms with Crippen molar-refractivity contribution in [3.63, 3.8) is 0 Å². The molecule has 2 nitrogen and oxygen atoms in total. The average Bonchev–Trinajstić information content (AvgIpc) is 2.35. The standard InChI is InChI=1S/C13H6BrCl2F3O2/c14-7-1-4-11(12(5-7)21-13(17,18)19)20-8-2-3-9(15)10(16)6-8/h1-6H. The number of hydrogen-bond donors (Lipinski definition) is 0. The molecule has 0 spiro atoms. The van der Waals surface area contributed by atoms with Crippen LogP contribution in [0.1, 0.15) is 0 Å². The molecule has 0 aliphatic heterocycles. The molecule has 112 valence electrons. The van der Waals surface area contributed by atoms with Crippen LogP contribution in [0.15, 0.2) is 40.9 Å². The van der Waals surface area contributed by atoms with Crippen LogP contribution < -0.4 is 9.47 Å². The predicted octanol–water partition coefficient (Wildman–Crippen LogP) is 6.45. The summed E-state index contributed by atoms with van der Waals surface area (Å²) in [5, 5.41) is 0.538. The van der Waals surface area contributed by atoms with Crippen molar-refractivity contribution in [3.05, 3.63) is 50.9 Å². The first-order valence-electron chi connectivity index (χ1n) is 5.43. The van der Waals surface area contributed by atoms with E-state index in [1.54, 1.807) is 0 Å². The third kappa shape index (κ3) is 4.69. The normalized spacial score (nSPS) is 11.3. The van der Waals surface area contributed by atoms with Gasteiger partial charge in [-0.15, -0.1) is 13.2 Å². The molecule has 0 saturated carbocycles. The van der Waals surface area contributed by atoms with Crippen LogP contribution in [-0.4, -0.2) is 6.36 Å². The number of halogens is 6. The Morgan fingerprint density at radius 3 is 2.24 bits per heavy atom. The monoisotopic (exact) mass is 400 g/mol. The zero-order chi connectivity index (χ0) is 15.6. The van der Waals surface area contributed by atoms with E-state index in [1.807, 2.05) is 0 Å². The van der Waals surface area contributed by atoms with Crippen molar-refractivity contribution < 1.29 is 22.6 Å². The van der Waals surface area contributed by atoms with Crippen LogP contribution >= 0.6 is 39.1 Å². The summed E-state index contributed by atoms with van der Waals surface area (Å²) in [5.41, 5.74) is 0.